The molecule has 4 unspecified atom stereocenters. The first-order valence-corrected chi connectivity index (χ1v) is 8.61. The molecule has 2 aromatic heterocycles. The van der Waals surface area contributed by atoms with Crippen LogP contribution in [-0.2, 0) is 0 Å². The van der Waals surface area contributed by atoms with Gasteiger partial charge in [-0.05, 0) is 18.6 Å². The molecule has 0 bridgehead atoms. The first-order valence-electron chi connectivity index (χ1n) is 8.61. The lowest BCUT2D eigenvalue weighted by Crippen LogP contribution is -2.30. The second kappa shape index (κ2) is 7.03. The van der Waals surface area contributed by atoms with Crippen LogP contribution >= 0.6 is 0 Å². The van der Waals surface area contributed by atoms with Crippen molar-refractivity contribution in [1.29, 1.82) is 0 Å². The highest BCUT2D eigenvalue weighted by Crippen LogP contribution is 2.36. The molecule has 4 N–H and O–H groups in total. The van der Waals surface area contributed by atoms with Crippen LogP contribution in [0.25, 0.3) is 11.2 Å². The van der Waals surface area contributed by atoms with E-state index in [9.17, 15) is 20.1 Å². The van der Waals surface area contributed by atoms with E-state index in [1.807, 2.05) is 6.07 Å². The Morgan fingerprint density at radius 1 is 1.15 bits per heavy atom. The molecule has 4 rings (SSSR count). The quantitative estimate of drug-likeness (QED) is 0.521. The molecule has 4 atom stereocenters. The lowest BCUT2D eigenvalue weighted by molar-refractivity contribution is -0.00370. The summed E-state index contributed by atoms with van der Waals surface area (Å²) in [5, 5.41) is 32.5. The minimum atomic E-state index is -1.04. The Balaban J connectivity index is 1.65. The molecule has 0 aliphatic heterocycles. The summed E-state index contributed by atoms with van der Waals surface area (Å²) in [5.74, 6) is -0.470. The van der Waals surface area contributed by atoms with Crippen LogP contribution in [0.3, 0.4) is 0 Å². The number of aliphatic hydroxyl groups is 3. The van der Waals surface area contributed by atoms with Crippen LogP contribution in [0.4, 0.5) is 5.82 Å². The van der Waals surface area contributed by atoms with Crippen molar-refractivity contribution in [3.05, 3.63) is 48.5 Å². The van der Waals surface area contributed by atoms with Gasteiger partial charge in [-0.3, -0.25) is 4.79 Å². The van der Waals surface area contributed by atoms with Crippen molar-refractivity contribution in [2.24, 2.45) is 5.92 Å². The van der Waals surface area contributed by atoms with Gasteiger partial charge in [0.2, 0.25) is 0 Å². The number of aromatic nitrogens is 4. The van der Waals surface area contributed by atoms with Crippen molar-refractivity contribution in [3.63, 3.8) is 0 Å². The van der Waals surface area contributed by atoms with E-state index in [2.05, 4.69) is 20.3 Å². The highest BCUT2D eigenvalue weighted by Gasteiger charge is 2.42. The van der Waals surface area contributed by atoms with Gasteiger partial charge in [0.25, 0.3) is 5.91 Å². The first kappa shape index (κ1) is 17.5. The van der Waals surface area contributed by atoms with Gasteiger partial charge in [0.1, 0.15) is 12.4 Å². The molecular formula is C18H19N5O4. The summed E-state index contributed by atoms with van der Waals surface area (Å²) in [6.07, 6.45) is 1.13. The van der Waals surface area contributed by atoms with Gasteiger partial charge in [-0.1, -0.05) is 18.2 Å². The molecular weight excluding hydrogens is 350 g/mol. The van der Waals surface area contributed by atoms with E-state index in [1.165, 1.54) is 12.7 Å². The predicted octanol–water partition coefficient (Wildman–Crippen LogP) is 0.354. The summed E-state index contributed by atoms with van der Waals surface area (Å²) in [5.41, 5.74) is 1.31. The van der Waals surface area contributed by atoms with Gasteiger partial charge >= 0.3 is 0 Å². The molecule has 0 spiro atoms. The molecule has 1 fully saturated rings. The van der Waals surface area contributed by atoms with Crippen LogP contribution in [0.1, 0.15) is 22.8 Å². The van der Waals surface area contributed by atoms with E-state index in [0.29, 0.717) is 23.1 Å². The predicted molar refractivity (Wildman–Crippen MR) is 96.0 cm³/mol. The highest BCUT2D eigenvalue weighted by molar-refractivity contribution is 6.06. The standard InChI is InChI=1S/C18H19N5O4/c24-7-11-6-12(15(26)14(11)25)23-9-21-13-16(19-8-20-17(13)23)22-18(27)10-4-2-1-3-5-10/h1-5,8-9,11-12,14-15,24-26H,6-7H2,(H,19,20,22,27). The Morgan fingerprint density at radius 3 is 2.63 bits per heavy atom. The molecule has 2 heterocycles. The Hall–Kier alpha value is -2.88. The van der Waals surface area contributed by atoms with Gasteiger partial charge in [-0.2, -0.15) is 0 Å². The molecule has 140 valence electrons. The minimum absolute atomic E-state index is 0.214. The van der Waals surface area contributed by atoms with E-state index < -0.39 is 24.2 Å². The molecule has 0 saturated heterocycles. The summed E-state index contributed by atoms with van der Waals surface area (Å²) >= 11 is 0. The Labute approximate surface area is 154 Å². The van der Waals surface area contributed by atoms with E-state index >= 15 is 0 Å². The summed E-state index contributed by atoms with van der Waals surface area (Å²) in [6, 6.07) is 8.26. The molecule has 1 aromatic carbocycles. The number of rotatable bonds is 4. The molecule has 9 heteroatoms. The number of hydrogen-bond acceptors (Lipinski definition) is 7. The molecule has 27 heavy (non-hydrogen) atoms. The lowest BCUT2D eigenvalue weighted by atomic mass is 10.1. The molecule has 0 radical (unpaired) electrons. The van der Waals surface area contributed by atoms with E-state index in [0.717, 1.165) is 0 Å². The van der Waals surface area contributed by atoms with Crippen molar-refractivity contribution in [1.82, 2.24) is 19.5 Å². The maximum absolute atomic E-state index is 12.4. The number of imidazole rings is 1. The molecule has 9 nitrogen and oxygen atoms in total. The Bertz CT molecular complexity index is 961. The second-order valence-electron chi connectivity index (χ2n) is 6.59. The average Bonchev–Trinajstić information content (AvgIpc) is 3.25. The largest absolute Gasteiger partial charge is 0.396 e. The number of anilines is 1. The smallest absolute Gasteiger partial charge is 0.256 e. The summed E-state index contributed by atoms with van der Waals surface area (Å²) in [6.45, 7) is -0.214. The molecule has 1 aliphatic carbocycles. The summed E-state index contributed by atoms with van der Waals surface area (Å²) < 4.78 is 1.65. The lowest BCUT2D eigenvalue weighted by Gasteiger charge is -2.18. The third-order valence-corrected chi connectivity index (χ3v) is 4.99. The zero-order chi connectivity index (χ0) is 19.0. The molecule has 1 aliphatic rings. The monoisotopic (exact) mass is 369 g/mol. The summed E-state index contributed by atoms with van der Waals surface area (Å²) in [7, 11) is 0. The fourth-order valence-electron chi connectivity index (χ4n) is 3.51. The van der Waals surface area contributed by atoms with Crippen molar-refractivity contribution >= 4 is 22.9 Å². The van der Waals surface area contributed by atoms with Crippen LogP contribution < -0.4 is 5.32 Å². The van der Waals surface area contributed by atoms with E-state index in [4.69, 9.17) is 0 Å². The van der Waals surface area contributed by atoms with Gasteiger partial charge in [0.05, 0.1) is 18.5 Å². The molecule has 1 saturated carbocycles. The van der Waals surface area contributed by atoms with Crippen LogP contribution in [-0.4, -0.2) is 59.6 Å². The third kappa shape index (κ3) is 3.05. The number of aliphatic hydroxyl groups excluding tert-OH is 3. The number of hydrogen-bond donors (Lipinski definition) is 4. The van der Waals surface area contributed by atoms with Gasteiger partial charge in [-0.15, -0.1) is 0 Å². The van der Waals surface area contributed by atoms with Gasteiger partial charge < -0.3 is 25.2 Å². The van der Waals surface area contributed by atoms with Crippen molar-refractivity contribution in [2.75, 3.05) is 11.9 Å². The Morgan fingerprint density at radius 2 is 1.93 bits per heavy atom. The number of benzene rings is 1. The number of fused-ring (bicyclic) bond motifs is 1. The number of nitrogens with one attached hydrogen (secondary N) is 1. The van der Waals surface area contributed by atoms with Crippen molar-refractivity contribution in [2.45, 2.75) is 24.7 Å². The number of nitrogens with zero attached hydrogens (tertiary/aromatic N) is 4. The zero-order valence-electron chi connectivity index (χ0n) is 14.3. The number of carbonyl (C=O) groups excluding carboxylic acids is 1. The van der Waals surface area contributed by atoms with Crippen LogP contribution in [0.2, 0.25) is 0 Å². The molecule has 1 amide bonds. The number of amides is 1. The maximum atomic E-state index is 12.4. The normalized spacial score (nSPS) is 25.0. The van der Waals surface area contributed by atoms with Crippen LogP contribution in [0, 0.1) is 5.92 Å². The van der Waals surface area contributed by atoms with Gasteiger partial charge in [0.15, 0.2) is 17.0 Å². The fourth-order valence-corrected chi connectivity index (χ4v) is 3.51. The highest BCUT2D eigenvalue weighted by atomic mass is 16.3. The SMILES string of the molecule is O=C(Nc1ncnc2c1ncn2C1CC(CO)C(O)C1O)c1ccccc1. The second-order valence-corrected chi connectivity index (χ2v) is 6.59. The first-order chi connectivity index (χ1) is 13.1. The molecule has 3 aromatic rings. The third-order valence-electron chi connectivity index (χ3n) is 4.99. The fraction of sp³-hybridized carbons (Fsp3) is 0.333. The Kier molecular flexibility index (Phi) is 4.56. The maximum Gasteiger partial charge on any atom is 0.256 e. The average molecular weight is 369 g/mol. The minimum Gasteiger partial charge on any atom is -0.396 e. The summed E-state index contributed by atoms with van der Waals surface area (Å²) in [4.78, 5) is 25.0. The van der Waals surface area contributed by atoms with Gasteiger partial charge in [-0.25, -0.2) is 15.0 Å². The van der Waals surface area contributed by atoms with Crippen LogP contribution in [0.15, 0.2) is 43.0 Å². The zero-order valence-corrected chi connectivity index (χ0v) is 14.3. The van der Waals surface area contributed by atoms with Gasteiger partial charge in [0, 0.05) is 18.1 Å². The number of carbonyl (C=O) groups is 1. The van der Waals surface area contributed by atoms with E-state index in [-0.39, 0.29) is 18.3 Å². The van der Waals surface area contributed by atoms with Crippen molar-refractivity contribution in [3.8, 4) is 0 Å². The van der Waals surface area contributed by atoms with E-state index in [1.54, 1.807) is 28.8 Å². The van der Waals surface area contributed by atoms with Crippen molar-refractivity contribution < 1.29 is 20.1 Å². The topological polar surface area (TPSA) is 133 Å². The van der Waals surface area contributed by atoms with Crippen LogP contribution in [0.5, 0.6) is 0 Å².